The maximum absolute atomic E-state index is 12.1. The van der Waals surface area contributed by atoms with E-state index in [0.717, 1.165) is 5.56 Å². The highest BCUT2D eigenvalue weighted by Gasteiger charge is 2.13. The lowest BCUT2D eigenvalue weighted by Crippen LogP contribution is -2.14. The molecule has 2 N–H and O–H groups in total. The third-order valence-corrected chi connectivity index (χ3v) is 3.40. The molecule has 2 amide bonds. The first kappa shape index (κ1) is 15.3. The van der Waals surface area contributed by atoms with Crippen molar-refractivity contribution in [3.63, 3.8) is 0 Å². The lowest BCUT2D eigenvalue weighted by atomic mass is 10.1. The van der Waals surface area contributed by atoms with Gasteiger partial charge in [-0.2, -0.15) is 0 Å². The Hall–Kier alpha value is -2.08. The number of hydrogen-bond acceptors (Lipinski definition) is 3. The van der Waals surface area contributed by atoms with Crippen LogP contribution in [0.1, 0.15) is 29.5 Å². The van der Waals surface area contributed by atoms with Crippen LogP contribution in [-0.4, -0.2) is 11.8 Å². The maximum atomic E-state index is 12.1. The fourth-order valence-corrected chi connectivity index (χ4v) is 2.07. The molecule has 0 aliphatic carbocycles. The number of anilines is 2. The second-order valence-corrected chi connectivity index (χ2v) is 5.22. The van der Waals surface area contributed by atoms with Crippen LogP contribution < -0.4 is 10.6 Å². The molecule has 5 nitrogen and oxygen atoms in total. The molecule has 21 heavy (non-hydrogen) atoms. The van der Waals surface area contributed by atoms with Gasteiger partial charge in [-0.1, -0.05) is 13.0 Å². The van der Waals surface area contributed by atoms with Crippen LogP contribution in [0.15, 0.2) is 39.4 Å². The van der Waals surface area contributed by atoms with Crippen molar-refractivity contribution in [3.05, 3.63) is 46.3 Å². The second kappa shape index (κ2) is 6.58. The second-order valence-electron chi connectivity index (χ2n) is 4.44. The van der Waals surface area contributed by atoms with Crippen molar-refractivity contribution in [2.45, 2.75) is 20.3 Å². The number of carbonyl (C=O) groups excluding carboxylic acids is 2. The smallest absolute Gasteiger partial charge is 0.291 e. The topological polar surface area (TPSA) is 71.3 Å². The normalized spacial score (nSPS) is 10.2. The van der Waals surface area contributed by atoms with Crippen molar-refractivity contribution in [2.24, 2.45) is 0 Å². The number of hydrogen-bond donors (Lipinski definition) is 2. The van der Waals surface area contributed by atoms with Crippen molar-refractivity contribution in [1.82, 2.24) is 0 Å². The fraction of sp³-hybridized carbons (Fsp3) is 0.200. The van der Waals surface area contributed by atoms with Gasteiger partial charge < -0.3 is 15.1 Å². The summed E-state index contributed by atoms with van der Waals surface area (Å²) < 4.78 is 5.70. The largest absolute Gasteiger partial charge is 0.444 e. The van der Waals surface area contributed by atoms with Gasteiger partial charge >= 0.3 is 0 Å². The monoisotopic (exact) mass is 350 g/mol. The summed E-state index contributed by atoms with van der Waals surface area (Å²) >= 11 is 3.15. The van der Waals surface area contributed by atoms with Crippen LogP contribution in [0.4, 0.5) is 11.4 Å². The third kappa shape index (κ3) is 3.72. The maximum Gasteiger partial charge on any atom is 0.291 e. The van der Waals surface area contributed by atoms with Crippen LogP contribution in [0.25, 0.3) is 0 Å². The zero-order valence-electron chi connectivity index (χ0n) is 11.7. The Morgan fingerprint density at radius 3 is 2.38 bits per heavy atom. The Bertz CT molecular complexity index is 679. The Kier molecular flexibility index (Phi) is 4.80. The molecule has 0 unspecified atom stereocenters. The highest BCUT2D eigenvalue weighted by atomic mass is 79.9. The Balaban J connectivity index is 2.18. The predicted octanol–water partition coefficient (Wildman–Crippen LogP) is 3.95. The quantitative estimate of drug-likeness (QED) is 0.876. The molecule has 2 rings (SSSR count). The van der Waals surface area contributed by atoms with E-state index in [1.54, 1.807) is 37.3 Å². The van der Waals surface area contributed by atoms with Gasteiger partial charge in [-0.05, 0) is 52.7 Å². The summed E-state index contributed by atoms with van der Waals surface area (Å²) in [7, 11) is 0. The summed E-state index contributed by atoms with van der Waals surface area (Å²) in [6.45, 7) is 3.62. The van der Waals surface area contributed by atoms with Gasteiger partial charge in [0.05, 0.1) is 0 Å². The summed E-state index contributed by atoms with van der Waals surface area (Å²) in [6, 6.07) is 8.57. The van der Waals surface area contributed by atoms with Crippen LogP contribution in [0.5, 0.6) is 0 Å². The van der Waals surface area contributed by atoms with E-state index >= 15 is 0 Å². The molecule has 110 valence electrons. The van der Waals surface area contributed by atoms with Gasteiger partial charge in [0, 0.05) is 17.8 Å². The lowest BCUT2D eigenvalue weighted by molar-refractivity contribution is -0.115. The minimum atomic E-state index is -0.345. The molecule has 0 saturated carbocycles. The zero-order valence-corrected chi connectivity index (χ0v) is 13.3. The van der Waals surface area contributed by atoms with E-state index in [4.69, 9.17) is 4.42 Å². The molecular formula is C15H15BrN2O3. The first-order valence-electron chi connectivity index (χ1n) is 6.47. The van der Waals surface area contributed by atoms with E-state index in [9.17, 15) is 9.59 Å². The molecule has 1 aromatic heterocycles. The molecule has 0 fully saturated rings. The van der Waals surface area contributed by atoms with Crippen LogP contribution in [-0.2, 0) is 4.79 Å². The molecule has 0 spiro atoms. The van der Waals surface area contributed by atoms with Crippen molar-refractivity contribution < 1.29 is 14.0 Å². The molecule has 0 aliphatic rings. The van der Waals surface area contributed by atoms with Crippen molar-refractivity contribution in [2.75, 3.05) is 10.6 Å². The average Bonchev–Trinajstić information content (AvgIpc) is 2.89. The van der Waals surface area contributed by atoms with Gasteiger partial charge in [0.1, 0.15) is 0 Å². The Labute approximate surface area is 130 Å². The third-order valence-electron chi connectivity index (χ3n) is 2.97. The number of rotatable bonds is 4. The van der Waals surface area contributed by atoms with Gasteiger partial charge in [0.15, 0.2) is 10.4 Å². The number of benzene rings is 1. The number of furan rings is 1. The molecule has 0 radical (unpaired) electrons. The molecule has 0 aliphatic heterocycles. The van der Waals surface area contributed by atoms with Gasteiger partial charge in [0.25, 0.3) is 5.91 Å². The highest BCUT2D eigenvalue weighted by molar-refractivity contribution is 9.10. The average molecular weight is 351 g/mol. The molecule has 0 saturated heterocycles. The summed E-state index contributed by atoms with van der Waals surface area (Å²) in [6.07, 6.45) is 0.399. The number of carbonyl (C=O) groups is 2. The lowest BCUT2D eigenvalue weighted by Gasteiger charge is -2.12. The van der Waals surface area contributed by atoms with Crippen molar-refractivity contribution >= 4 is 39.1 Å². The van der Waals surface area contributed by atoms with Crippen molar-refractivity contribution in [3.8, 4) is 0 Å². The Morgan fingerprint density at radius 1 is 1.14 bits per heavy atom. The van der Waals surface area contributed by atoms with Gasteiger partial charge in [-0.15, -0.1) is 0 Å². The molecule has 0 bridgehead atoms. The minimum absolute atomic E-state index is 0.0726. The van der Waals surface area contributed by atoms with E-state index in [2.05, 4.69) is 26.6 Å². The fourth-order valence-electron chi connectivity index (χ4n) is 1.77. The van der Waals surface area contributed by atoms with Crippen LogP contribution >= 0.6 is 15.9 Å². The number of nitrogens with one attached hydrogen (secondary N) is 2. The summed E-state index contributed by atoms with van der Waals surface area (Å²) in [4.78, 5) is 23.5. The standard InChI is InChI=1S/C15H15BrN2O3/c1-3-14(19)17-10-5-4-6-11(9(10)2)18-15(20)12-7-8-13(16)21-12/h4-8H,3H2,1-2H3,(H,17,19)(H,18,20). The number of amides is 2. The van der Waals surface area contributed by atoms with Crippen LogP contribution in [0.2, 0.25) is 0 Å². The molecule has 0 atom stereocenters. The Morgan fingerprint density at radius 2 is 1.81 bits per heavy atom. The van der Waals surface area contributed by atoms with Gasteiger partial charge in [0.2, 0.25) is 5.91 Å². The molecule has 1 aromatic carbocycles. The van der Waals surface area contributed by atoms with E-state index in [-0.39, 0.29) is 17.6 Å². The van der Waals surface area contributed by atoms with Crippen LogP contribution in [0.3, 0.4) is 0 Å². The molecule has 6 heteroatoms. The number of halogens is 1. The van der Waals surface area contributed by atoms with Gasteiger partial charge in [-0.3, -0.25) is 9.59 Å². The molecular weight excluding hydrogens is 336 g/mol. The van der Waals surface area contributed by atoms with Gasteiger partial charge in [-0.25, -0.2) is 0 Å². The summed E-state index contributed by atoms with van der Waals surface area (Å²) in [5.74, 6) is -0.205. The van der Waals surface area contributed by atoms with E-state index in [1.807, 2.05) is 6.92 Å². The van der Waals surface area contributed by atoms with E-state index in [1.165, 1.54) is 0 Å². The first-order valence-corrected chi connectivity index (χ1v) is 7.26. The summed E-state index contributed by atoms with van der Waals surface area (Å²) in [5.41, 5.74) is 2.10. The SMILES string of the molecule is CCC(=O)Nc1cccc(NC(=O)c2ccc(Br)o2)c1C. The first-order chi connectivity index (χ1) is 10.0. The van der Waals surface area contributed by atoms with E-state index < -0.39 is 0 Å². The van der Waals surface area contributed by atoms with Crippen molar-refractivity contribution in [1.29, 1.82) is 0 Å². The zero-order chi connectivity index (χ0) is 15.4. The summed E-state index contributed by atoms with van der Waals surface area (Å²) in [5, 5.41) is 5.56. The van der Waals surface area contributed by atoms with Crippen LogP contribution in [0, 0.1) is 6.92 Å². The van der Waals surface area contributed by atoms with E-state index in [0.29, 0.717) is 22.5 Å². The highest BCUT2D eigenvalue weighted by Crippen LogP contribution is 2.24. The molecule has 1 heterocycles. The predicted molar refractivity (Wildman–Crippen MR) is 84.5 cm³/mol. The molecule has 2 aromatic rings. The minimum Gasteiger partial charge on any atom is -0.444 e.